The van der Waals surface area contributed by atoms with Gasteiger partial charge in [-0.1, -0.05) is 0 Å². The van der Waals surface area contributed by atoms with Gasteiger partial charge in [-0.15, -0.1) is 0 Å². The van der Waals surface area contributed by atoms with E-state index in [-0.39, 0.29) is 5.56 Å². The molecule has 0 saturated carbocycles. The van der Waals surface area contributed by atoms with E-state index in [0.29, 0.717) is 11.3 Å². The Morgan fingerprint density at radius 3 is 3.00 bits per heavy atom. The van der Waals surface area contributed by atoms with Crippen LogP contribution in [0.3, 0.4) is 0 Å². The van der Waals surface area contributed by atoms with E-state index in [9.17, 15) is 4.79 Å². The minimum Gasteiger partial charge on any atom is -0.278 e. The zero-order valence-electron chi connectivity index (χ0n) is 6.83. The van der Waals surface area contributed by atoms with Crippen LogP contribution in [-0.4, -0.2) is 19.6 Å². The van der Waals surface area contributed by atoms with Crippen molar-refractivity contribution in [3.63, 3.8) is 0 Å². The molecule has 0 aromatic carbocycles. The summed E-state index contributed by atoms with van der Waals surface area (Å²) in [6.45, 7) is 3.54. The van der Waals surface area contributed by atoms with E-state index < -0.39 is 0 Å². The lowest BCUT2D eigenvalue weighted by Crippen LogP contribution is -2.19. The molecule has 5 heteroatoms. The molecule has 0 radical (unpaired) electrons. The Kier molecular flexibility index (Phi) is 1.27. The first-order chi connectivity index (χ1) is 5.70. The van der Waals surface area contributed by atoms with Gasteiger partial charge in [0.2, 0.25) is 0 Å². The number of hydrogen-bond acceptors (Lipinski definition) is 3. The third kappa shape index (κ3) is 0.761. The third-order valence-corrected chi connectivity index (χ3v) is 1.90. The maximum atomic E-state index is 11.5. The molecule has 1 N–H and O–H groups in total. The average Bonchev–Trinajstić information content (AvgIpc) is 2.48. The van der Waals surface area contributed by atoms with Gasteiger partial charge in [0.05, 0.1) is 0 Å². The number of nitrogens with one attached hydrogen (secondary N) is 1. The van der Waals surface area contributed by atoms with Crippen LogP contribution in [0.1, 0.15) is 11.3 Å². The number of aromatic amines is 1. The minimum absolute atomic E-state index is 0.0880. The molecule has 2 heterocycles. The fourth-order valence-corrected chi connectivity index (χ4v) is 1.04. The molecule has 0 aliphatic carbocycles. The van der Waals surface area contributed by atoms with Crippen molar-refractivity contribution in [3.8, 4) is 0 Å². The fourth-order valence-electron chi connectivity index (χ4n) is 1.04. The second-order valence-corrected chi connectivity index (χ2v) is 2.65. The SMILES string of the molecule is Cc1nc2nc[nH]n2c(=O)c1C. The Morgan fingerprint density at radius 1 is 1.50 bits per heavy atom. The molecule has 12 heavy (non-hydrogen) atoms. The molecule has 62 valence electrons. The molecule has 0 fully saturated rings. The number of hydrogen-bond donors (Lipinski definition) is 1. The van der Waals surface area contributed by atoms with Crippen LogP contribution in [0.15, 0.2) is 11.1 Å². The molecule has 0 saturated heterocycles. The van der Waals surface area contributed by atoms with Gasteiger partial charge in [0.1, 0.15) is 6.33 Å². The summed E-state index contributed by atoms with van der Waals surface area (Å²) in [7, 11) is 0. The van der Waals surface area contributed by atoms with Crippen LogP contribution >= 0.6 is 0 Å². The van der Waals surface area contributed by atoms with E-state index in [1.54, 1.807) is 13.8 Å². The Hall–Kier alpha value is -1.65. The van der Waals surface area contributed by atoms with Gasteiger partial charge in [0, 0.05) is 11.3 Å². The summed E-state index contributed by atoms with van der Waals surface area (Å²) >= 11 is 0. The molecule has 0 amide bonds. The van der Waals surface area contributed by atoms with Crippen molar-refractivity contribution in [1.82, 2.24) is 19.6 Å². The van der Waals surface area contributed by atoms with Gasteiger partial charge in [0.15, 0.2) is 0 Å². The number of aryl methyl sites for hydroxylation is 1. The molecule has 5 nitrogen and oxygen atoms in total. The smallest absolute Gasteiger partial charge is 0.277 e. The summed E-state index contributed by atoms with van der Waals surface area (Å²) < 4.78 is 1.32. The molecule has 0 bridgehead atoms. The number of fused-ring (bicyclic) bond motifs is 1. The van der Waals surface area contributed by atoms with E-state index in [2.05, 4.69) is 15.1 Å². The summed E-state index contributed by atoms with van der Waals surface area (Å²) in [5.41, 5.74) is 1.29. The van der Waals surface area contributed by atoms with Crippen LogP contribution in [0.5, 0.6) is 0 Å². The van der Waals surface area contributed by atoms with E-state index in [1.165, 1.54) is 10.8 Å². The second-order valence-electron chi connectivity index (χ2n) is 2.65. The quantitative estimate of drug-likeness (QED) is 0.597. The summed E-state index contributed by atoms with van der Waals surface area (Å²) in [6.07, 6.45) is 1.45. The number of nitrogens with zero attached hydrogens (tertiary/aromatic N) is 3. The molecule has 0 unspecified atom stereocenters. The highest BCUT2D eigenvalue weighted by molar-refractivity contribution is 5.29. The fraction of sp³-hybridized carbons (Fsp3) is 0.286. The first-order valence-electron chi connectivity index (χ1n) is 3.59. The summed E-state index contributed by atoms with van der Waals surface area (Å²) in [4.78, 5) is 19.5. The molecule has 0 spiro atoms. The van der Waals surface area contributed by atoms with Crippen molar-refractivity contribution >= 4 is 5.78 Å². The van der Waals surface area contributed by atoms with Crippen molar-refractivity contribution < 1.29 is 0 Å². The maximum absolute atomic E-state index is 11.5. The number of aromatic nitrogens is 4. The van der Waals surface area contributed by atoms with Crippen LogP contribution in [0.4, 0.5) is 0 Å². The van der Waals surface area contributed by atoms with Gasteiger partial charge < -0.3 is 0 Å². The van der Waals surface area contributed by atoms with E-state index >= 15 is 0 Å². The monoisotopic (exact) mass is 164 g/mol. The van der Waals surface area contributed by atoms with Gasteiger partial charge in [0.25, 0.3) is 11.3 Å². The van der Waals surface area contributed by atoms with E-state index in [0.717, 1.165) is 5.69 Å². The molecule has 0 aliphatic heterocycles. The van der Waals surface area contributed by atoms with Crippen molar-refractivity contribution in [2.45, 2.75) is 13.8 Å². The van der Waals surface area contributed by atoms with Crippen molar-refractivity contribution in [2.75, 3.05) is 0 Å². The van der Waals surface area contributed by atoms with Crippen molar-refractivity contribution in [2.24, 2.45) is 0 Å². The molecular weight excluding hydrogens is 156 g/mol. The summed E-state index contributed by atoms with van der Waals surface area (Å²) in [5.74, 6) is 0.420. The van der Waals surface area contributed by atoms with Gasteiger partial charge in [-0.05, 0) is 13.8 Å². The largest absolute Gasteiger partial charge is 0.278 e. The van der Waals surface area contributed by atoms with Crippen LogP contribution in [0.25, 0.3) is 5.78 Å². The predicted molar refractivity (Wildman–Crippen MR) is 43.1 cm³/mol. The lowest BCUT2D eigenvalue weighted by atomic mass is 10.3. The van der Waals surface area contributed by atoms with E-state index in [1.807, 2.05) is 0 Å². The zero-order valence-corrected chi connectivity index (χ0v) is 6.83. The average molecular weight is 164 g/mol. The standard InChI is InChI=1S/C7H8N4O/c1-4-5(2)10-7-8-3-9-11(7)6(4)12/h3H,1-2H3,(H,8,9,10). The summed E-state index contributed by atoms with van der Waals surface area (Å²) in [6, 6.07) is 0. The van der Waals surface area contributed by atoms with Gasteiger partial charge in [-0.3, -0.25) is 9.89 Å². The number of rotatable bonds is 0. The minimum atomic E-state index is -0.0880. The Bertz CT molecular complexity index is 482. The molecular formula is C7H8N4O. The Balaban J connectivity index is 3.05. The van der Waals surface area contributed by atoms with Crippen molar-refractivity contribution in [1.29, 1.82) is 0 Å². The first-order valence-corrected chi connectivity index (χ1v) is 3.59. The zero-order chi connectivity index (χ0) is 8.72. The lowest BCUT2D eigenvalue weighted by molar-refractivity contribution is 0.872. The first kappa shape index (κ1) is 7.02. The van der Waals surface area contributed by atoms with E-state index in [4.69, 9.17) is 0 Å². The molecule has 0 aliphatic rings. The lowest BCUT2D eigenvalue weighted by Gasteiger charge is -1.96. The number of H-pyrrole nitrogens is 1. The van der Waals surface area contributed by atoms with Gasteiger partial charge >= 0.3 is 0 Å². The molecule has 0 atom stereocenters. The second kappa shape index (κ2) is 2.17. The highest BCUT2D eigenvalue weighted by Crippen LogP contribution is 1.97. The summed E-state index contributed by atoms with van der Waals surface area (Å²) in [5, 5.41) is 2.69. The third-order valence-electron chi connectivity index (χ3n) is 1.90. The van der Waals surface area contributed by atoms with Crippen LogP contribution < -0.4 is 5.56 Å². The maximum Gasteiger partial charge on any atom is 0.277 e. The van der Waals surface area contributed by atoms with Crippen LogP contribution in [0, 0.1) is 13.8 Å². The van der Waals surface area contributed by atoms with Crippen LogP contribution in [-0.2, 0) is 0 Å². The molecule has 2 rings (SSSR count). The highest BCUT2D eigenvalue weighted by atomic mass is 16.1. The van der Waals surface area contributed by atoms with Gasteiger partial charge in [-0.2, -0.15) is 4.52 Å². The Labute approximate surface area is 68.1 Å². The van der Waals surface area contributed by atoms with Crippen molar-refractivity contribution in [3.05, 3.63) is 27.9 Å². The Morgan fingerprint density at radius 2 is 2.25 bits per heavy atom. The highest BCUT2D eigenvalue weighted by Gasteiger charge is 2.05. The van der Waals surface area contributed by atoms with Gasteiger partial charge in [-0.25, -0.2) is 9.97 Å². The molecule has 2 aromatic heterocycles. The topological polar surface area (TPSA) is 63.1 Å². The molecule has 2 aromatic rings. The normalized spacial score (nSPS) is 10.8. The predicted octanol–water partition coefficient (Wildman–Crippen LogP) is 0.0344. The van der Waals surface area contributed by atoms with Crippen LogP contribution in [0.2, 0.25) is 0 Å².